The molecule has 0 aromatic rings. The van der Waals surface area contributed by atoms with Gasteiger partial charge in [0.05, 0.1) is 6.10 Å². The fourth-order valence-electron chi connectivity index (χ4n) is 13.3. The van der Waals surface area contributed by atoms with Crippen LogP contribution in [-0.2, 0) is 47.6 Å². The molecule has 4 saturated carbocycles. The third-order valence-corrected chi connectivity index (χ3v) is 16.9. The molecule has 0 unspecified atom stereocenters. The van der Waals surface area contributed by atoms with E-state index in [2.05, 4.69) is 27.7 Å². The number of allylic oxidation sites excluding steroid dienone is 2. The number of carbonyl (C=O) groups is 4. The first-order valence-electron chi connectivity index (χ1n) is 20.7. The summed E-state index contributed by atoms with van der Waals surface area (Å²) >= 11 is 0. The molecule has 326 valence electrons. The molecule has 7 rings (SSSR count). The maximum absolute atomic E-state index is 14.9. The molecule has 6 N–H and O–H groups in total. The van der Waals surface area contributed by atoms with Crippen LogP contribution in [0.2, 0.25) is 0 Å². The van der Waals surface area contributed by atoms with Crippen molar-refractivity contribution in [1.82, 2.24) is 0 Å². The van der Waals surface area contributed by atoms with E-state index in [0.717, 1.165) is 38.5 Å². The molecule has 2 saturated heterocycles. The molecular formula is C42H62O16. The molecule has 19 atom stereocenters. The molecule has 16 nitrogen and oxygen atoms in total. The van der Waals surface area contributed by atoms with Gasteiger partial charge in [-0.25, -0.2) is 4.79 Å². The van der Waals surface area contributed by atoms with Gasteiger partial charge in [0.2, 0.25) is 6.29 Å². The Labute approximate surface area is 338 Å². The van der Waals surface area contributed by atoms with E-state index in [9.17, 15) is 49.8 Å². The Morgan fingerprint density at radius 3 is 2.09 bits per heavy atom. The molecule has 0 spiro atoms. The Morgan fingerprint density at radius 1 is 0.759 bits per heavy atom. The van der Waals surface area contributed by atoms with Crippen molar-refractivity contribution in [2.75, 3.05) is 0 Å². The van der Waals surface area contributed by atoms with E-state index >= 15 is 0 Å². The van der Waals surface area contributed by atoms with Crippen LogP contribution < -0.4 is 0 Å². The Bertz CT molecular complexity index is 1670. The molecule has 6 fully saturated rings. The predicted molar refractivity (Wildman–Crippen MR) is 199 cm³/mol. The highest BCUT2D eigenvalue weighted by molar-refractivity contribution is 5.95. The summed E-state index contributed by atoms with van der Waals surface area (Å²) in [5.41, 5.74) is -1.16. The summed E-state index contributed by atoms with van der Waals surface area (Å²) in [6.45, 7) is 15.8. The smallest absolute Gasteiger partial charge is 0.335 e. The van der Waals surface area contributed by atoms with Crippen LogP contribution in [0.3, 0.4) is 0 Å². The number of carboxylic acid groups (broad SMARTS) is 1. The molecule has 0 aromatic carbocycles. The Hall–Kier alpha value is -2.54. The number of hydrogen-bond acceptors (Lipinski definition) is 15. The molecule has 58 heavy (non-hydrogen) atoms. The van der Waals surface area contributed by atoms with Gasteiger partial charge in [0.25, 0.3) is 12.9 Å². The summed E-state index contributed by atoms with van der Waals surface area (Å²) in [5, 5.41) is 63.4. The van der Waals surface area contributed by atoms with E-state index in [1.807, 2.05) is 26.8 Å². The Balaban J connectivity index is 1.17. The molecular weight excluding hydrogens is 760 g/mol. The van der Waals surface area contributed by atoms with Gasteiger partial charge < -0.3 is 59.1 Å². The molecule has 7 aliphatic rings. The van der Waals surface area contributed by atoms with Crippen molar-refractivity contribution in [3.8, 4) is 0 Å². The molecule has 0 aromatic heterocycles. The van der Waals surface area contributed by atoms with Crippen LogP contribution in [0.25, 0.3) is 0 Å². The average molecular weight is 823 g/mol. The number of rotatable bonds is 9. The van der Waals surface area contributed by atoms with E-state index in [0.29, 0.717) is 25.7 Å². The predicted octanol–water partition coefficient (Wildman–Crippen LogP) is 2.13. The molecule has 2 aliphatic heterocycles. The summed E-state index contributed by atoms with van der Waals surface area (Å²) in [7, 11) is 0. The van der Waals surface area contributed by atoms with Crippen molar-refractivity contribution in [3.63, 3.8) is 0 Å². The summed E-state index contributed by atoms with van der Waals surface area (Å²) in [6, 6.07) is 0. The first kappa shape index (κ1) is 43.5. The minimum atomic E-state index is -2.01. The van der Waals surface area contributed by atoms with Crippen molar-refractivity contribution in [2.24, 2.45) is 44.8 Å². The molecule has 0 bridgehead atoms. The quantitative estimate of drug-likeness (QED) is 0.144. The lowest BCUT2D eigenvalue weighted by Crippen LogP contribution is -2.68. The van der Waals surface area contributed by atoms with Crippen LogP contribution in [0.4, 0.5) is 0 Å². The summed E-state index contributed by atoms with van der Waals surface area (Å²) < 4.78 is 34.0. The number of carboxylic acids is 1. The van der Waals surface area contributed by atoms with Crippen LogP contribution >= 0.6 is 0 Å². The fraction of sp³-hybridized carbons (Fsp3) is 0.857. The van der Waals surface area contributed by atoms with E-state index in [1.165, 1.54) is 5.57 Å². The zero-order valence-electron chi connectivity index (χ0n) is 34.4. The monoisotopic (exact) mass is 822 g/mol. The van der Waals surface area contributed by atoms with Crippen molar-refractivity contribution in [2.45, 2.75) is 180 Å². The van der Waals surface area contributed by atoms with Crippen LogP contribution in [0.1, 0.15) is 106 Å². The van der Waals surface area contributed by atoms with Crippen LogP contribution in [0, 0.1) is 44.8 Å². The minimum absolute atomic E-state index is 0.00163. The number of aliphatic carboxylic acids is 1. The highest BCUT2D eigenvalue weighted by Crippen LogP contribution is 2.75. The third-order valence-electron chi connectivity index (χ3n) is 16.9. The number of ketones is 1. The maximum Gasteiger partial charge on any atom is 0.335 e. The maximum atomic E-state index is 14.9. The zero-order valence-corrected chi connectivity index (χ0v) is 34.4. The van der Waals surface area contributed by atoms with Gasteiger partial charge in [-0.05, 0) is 110 Å². The van der Waals surface area contributed by atoms with Crippen molar-refractivity contribution in [3.05, 3.63) is 11.6 Å². The molecule has 0 radical (unpaired) electrons. The van der Waals surface area contributed by atoms with E-state index < -0.39 is 90.1 Å². The van der Waals surface area contributed by atoms with Gasteiger partial charge in [0.15, 0.2) is 24.5 Å². The van der Waals surface area contributed by atoms with Crippen LogP contribution in [0.5, 0.6) is 0 Å². The highest BCUT2D eigenvalue weighted by atomic mass is 16.8. The highest BCUT2D eigenvalue weighted by Gasteiger charge is 2.70. The molecule has 0 amide bonds. The lowest BCUT2D eigenvalue weighted by atomic mass is 9.33. The summed E-state index contributed by atoms with van der Waals surface area (Å²) in [6.07, 6.45) is -10.3. The van der Waals surface area contributed by atoms with Gasteiger partial charge in [-0.2, -0.15) is 0 Å². The van der Waals surface area contributed by atoms with E-state index in [1.54, 1.807) is 0 Å². The SMILES string of the molecule is CC1(C)[C@@H](O[C@@H]2O[C@H](C(=O)O)[C@@H](O)[C@H](O)[C@H]2O[C@@H]2O[C@H](OC=O)[C@@H](O)[C@H](O)[C@H]2O)CC[C@]2(C)[C@H]3C(=O)C=C4[C@@H]5C[C@@](C)(OC=O)CC[C@]5(C)CC[C@@]4(C)[C@]3(C)CC[C@@H]12. The number of aliphatic hydroxyl groups is 5. The van der Waals surface area contributed by atoms with Gasteiger partial charge in [-0.15, -0.1) is 0 Å². The fourth-order valence-corrected chi connectivity index (χ4v) is 13.3. The Morgan fingerprint density at radius 2 is 1.43 bits per heavy atom. The van der Waals surface area contributed by atoms with Crippen molar-refractivity contribution >= 4 is 24.7 Å². The second-order valence-corrected chi connectivity index (χ2v) is 20.3. The van der Waals surface area contributed by atoms with E-state index in [4.69, 9.17) is 28.4 Å². The lowest BCUT2D eigenvalue weighted by molar-refractivity contribution is -0.388. The molecule has 16 heteroatoms. The number of ether oxygens (including phenoxy) is 6. The Kier molecular flexibility index (Phi) is 11.1. The van der Waals surface area contributed by atoms with Gasteiger partial charge in [0, 0.05) is 5.92 Å². The van der Waals surface area contributed by atoms with Gasteiger partial charge >= 0.3 is 5.97 Å². The minimum Gasteiger partial charge on any atom is -0.479 e. The topological polar surface area (TPSA) is 245 Å². The van der Waals surface area contributed by atoms with Crippen molar-refractivity contribution in [1.29, 1.82) is 0 Å². The third kappa shape index (κ3) is 6.50. The second kappa shape index (κ2) is 14.8. The summed E-state index contributed by atoms with van der Waals surface area (Å²) in [5.74, 6) is -1.71. The second-order valence-electron chi connectivity index (χ2n) is 20.3. The summed E-state index contributed by atoms with van der Waals surface area (Å²) in [4.78, 5) is 49.7. The van der Waals surface area contributed by atoms with Crippen molar-refractivity contribution < 1.29 is 78.2 Å². The van der Waals surface area contributed by atoms with Gasteiger partial charge in [0.1, 0.15) is 42.2 Å². The standard InChI is InChI=1S/C42H62O16/c1-37(2)23-8-11-42(7)32(22(45)16-20-21-17-39(4,54-19-44)14-12-38(21,3)13-15-41(20,42)6)40(23,5)10-9-24(37)55-36-31(27(48)26(47)30(56-36)33(51)52)57-35-29(50)25(46)28(49)34(58-35)53-18-43/h16,18-19,21,23-32,34-36,46-50H,8-15,17H2,1-7H3,(H,51,52)/t21-,23-,24-,25-,26-,27-,28-,29+,30-,31+,32+,34-,35+,36+,38+,39-,40-,41+,42+/m0/s1. The average Bonchev–Trinajstić information content (AvgIpc) is 3.14. The normalized spacial score (nSPS) is 52.4. The van der Waals surface area contributed by atoms with Gasteiger partial charge in [-0.3, -0.25) is 14.4 Å². The largest absolute Gasteiger partial charge is 0.479 e. The first-order valence-corrected chi connectivity index (χ1v) is 20.7. The first-order chi connectivity index (χ1) is 27.0. The molecule has 5 aliphatic carbocycles. The zero-order chi connectivity index (χ0) is 42.5. The van der Waals surface area contributed by atoms with Gasteiger partial charge in [-0.1, -0.05) is 47.1 Å². The number of hydrogen-bond donors (Lipinski definition) is 6. The number of fused-ring (bicyclic) bond motifs is 7. The molecule has 2 heterocycles. The van der Waals surface area contributed by atoms with Crippen LogP contribution in [-0.4, -0.2) is 129 Å². The lowest BCUT2D eigenvalue weighted by Gasteiger charge is -2.70. The number of aliphatic hydroxyl groups excluding tert-OH is 5. The van der Waals surface area contributed by atoms with E-state index in [-0.39, 0.29) is 46.3 Å². The number of carbonyl (C=O) groups excluding carboxylic acids is 3. The van der Waals surface area contributed by atoms with Crippen LogP contribution in [0.15, 0.2) is 11.6 Å².